The summed E-state index contributed by atoms with van der Waals surface area (Å²) < 4.78 is 4.84. The lowest BCUT2D eigenvalue weighted by Crippen LogP contribution is -1.94. The van der Waals surface area contributed by atoms with Crippen LogP contribution in [0, 0.1) is 6.92 Å². The van der Waals surface area contributed by atoms with Crippen LogP contribution in [0.4, 0.5) is 0 Å². The van der Waals surface area contributed by atoms with Crippen LogP contribution in [0.25, 0.3) is 76.7 Å². The first-order chi connectivity index (χ1) is 19.3. The van der Waals surface area contributed by atoms with E-state index in [9.17, 15) is 0 Å². The Hall–Kier alpha value is -5.08. The summed E-state index contributed by atoms with van der Waals surface area (Å²) in [5.41, 5.74) is 11.3. The molecule has 0 spiro atoms. The third-order valence-electron chi connectivity index (χ3n) is 8.47. The van der Waals surface area contributed by atoms with Crippen LogP contribution in [-0.2, 0) is 0 Å². The molecule has 3 heterocycles. The quantitative estimate of drug-likeness (QED) is 0.225. The Kier molecular flexibility index (Phi) is 4.02. The van der Waals surface area contributed by atoms with Crippen molar-refractivity contribution in [2.24, 2.45) is 0 Å². The smallest absolute Gasteiger partial charge is 0.0620 e. The Morgan fingerprint density at radius 2 is 0.974 bits per heavy atom. The number of rotatable bonds is 2. The van der Waals surface area contributed by atoms with Crippen LogP contribution in [0.15, 0.2) is 127 Å². The Labute approximate surface area is 225 Å². The largest absolute Gasteiger partial charge is 0.309 e. The van der Waals surface area contributed by atoms with Gasteiger partial charge in [0.2, 0.25) is 0 Å². The van der Waals surface area contributed by atoms with Gasteiger partial charge in [-0.25, -0.2) is 0 Å². The van der Waals surface area contributed by atoms with Crippen LogP contribution in [0.3, 0.4) is 0 Å². The van der Waals surface area contributed by atoms with E-state index in [1.165, 1.54) is 82.3 Å². The van der Waals surface area contributed by atoms with E-state index in [1.807, 2.05) is 0 Å². The van der Waals surface area contributed by atoms with E-state index in [0.717, 1.165) is 0 Å². The normalized spacial score (nSPS) is 12.2. The van der Waals surface area contributed by atoms with E-state index in [4.69, 9.17) is 0 Å². The maximum atomic E-state index is 2.44. The van der Waals surface area contributed by atoms with Gasteiger partial charge in [0.05, 0.1) is 27.6 Å². The highest BCUT2D eigenvalue weighted by Gasteiger charge is 2.19. The molecular weight excluding hydrogens is 472 g/mol. The maximum Gasteiger partial charge on any atom is 0.0620 e. The molecule has 39 heavy (non-hydrogen) atoms. The van der Waals surface area contributed by atoms with Crippen LogP contribution in [0.5, 0.6) is 0 Å². The molecule has 0 saturated heterocycles. The van der Waals surface area contributed by atoms with Gasteiger partial charge in [0.25, 0.3) is 0 Å². The number of para-hydroxylation sites is 3. The summed E-state index contributed by atoms with van der Waals surface area (Å²) in [6.07, 6.45) is 0. The lowest BCUT2D eigenvalue weighted by atomic mass is 9.98. The Balaban J connectivity index is 1.37. The number of hydrogen-bond acceptors (Lipinski definition) is 0. The Bertz CT molecular complexity index is 2320. The predicted octanol–water partition coefficient (Wildman–Crippen LogP) is 9.91. The first kappa shape index (κ1) is 20.9. The molecule has 6 aromatic carbocycles. The number of aromatic nitrogens is 2. The van der Waals surface area contributed by atoms with Crippen LogP contribution >= 0.6 is 0 Å². The molecule has 0 bridgehead atoms. The van der Waals surface area contributed by atoms with Crippen molar-refractivity contribution in [1.29, 1.82) is 0 Å². The fraction of sp³-hybridized carbons (Fsp3) is 0.0270. The van der Waals surface area contributed by atoms with Gasteiger partial charge in [0, 0.05) is 38.0 Å². The van der Waals surface area contributed by atoms with Crippen LogP contribution in [0.1, 0.15) is 5.56 Å². The first-order valence-electron chi connectivity index (χ1n) is 13.5. The number of benzene rings is 6. The predicted molar refractivity (Wildman–Crippen MR) is 166 cm³/mol. The van der Waals surface area contributed by atoms with Gasteiger partial charge < -0.3 is 8.97 Å². The monoisotopic (exact) mass is 496 g/mol. The highest BCUT2D eigenvalue weighted by atomic mass is 15.0. The van der Waals surface area contributed by atoms with Crippen molar-refractivity contribution in [3.63, 3.8) is 0 Å². The molecule has 0 unspecified atom stereocenters. The first-order valence-corrected chi connectivity index (χ1v) is 13.5. The van der Waals surface area contributed by atoms with Gasteiger partial charge >= 0.3 is 0 Å². The van der Waals surface area contributed by atoms with Crippen LogP contribution in [-0.4, -0.2) is 8.97 Å². The average Bonchev–Trinajstić information content (AvgIpc) is 3.61. The fourth-order valence-corrected chi connectivity index (χ4v) is 6.81. The lowest BCUT2D eigenvalue weighted by molar-refractivity contribution is 1.17. The summed E-state index contributed by atoms with van der Waals surface area (Å²) >= 11 is 0. The summed E-state index contributed by atoms with van der Waals surface area (Å²) in [4.78, 5) is 0. The molecule has 9 aromatic rings. The van der Waals surface area contributed by atoms with Gasteiger partial charge in [-0.15, -0.1) is 0 Å². The zero-order valence-electron chi connectivity index (χ0n) is 21.5. The number of aryl methyl sites for hydroxylation is 1. The van der Waals surface area contributed by atoms with Crippen molar-refractivity contribution in [3.8, 4) is 16.8 Å². The Morgan fingerprint density at radius 1 is 0.410 bits per heavy atom. The molecule has 0 aliphatic rings. The molecule has 0 saturated carbocycles. The minimum atomic E-state index is 1.20. The minimum Gasteiger partial charge on any atom is -0.309 e. The number of fused-ring (bicyclic) bond motifs is 9. The molecule has 0 amide bonds. The van der Waals surface area contributed by atoms with Crippen molar-refractivity contribution < 1.29 is 0 Å². The highest BCUT2D eigenvalue weighted by molar-refractivity contribution is 6.24. The molecule has 2 heteroatoms. The highest BCUT2D eigenvalue weighted by Crippen LogP contribution is 2.42. The van der Waals surface area contributed by atoms with Crippen molar-refractivity contribution in [1.82, 2.24) is 8.97 Å². The summed E-state index contributed by atoms with van der Waals surface area (Å²) in [7, 11) is 0. The van der Waals surface area contributed by atoms with E-state index < -0.39 is 0 Å². The van der Waals surface area contributed by atoms with Crippen molar-refractivity contribution in [2.75, 3.05) is 0 Å². The van der Waals surface area contributed by atoms with Gasteiger partial charge in [-0.2, -0.15) is 0 Å². The molecule has 0 fully saturated rings. The van der Waals surface area contributed by atoms with Gasteiger partial charge in [0.15, 0.2) is 0 Å². The number of hydrogen-bond donors (Lipinski definition) is 0. The zero-order valence-corrected chi connectivity index (χ0v) is 21.5. The SMILES string of the molecule is Cc1cccc(-n2c3ccccc3c3cc(-c4cc5c6ccccc6n6c7ccccc7c(c4)c56)ccc32)c1. The number of nitrogens with zero attached hydrogens (tertiary/aromatic N) is 2. The third kappa shape index (κ3) is 2.75. The second-order valence-electron chi connectivity index (χ2n) is 10.7. The summed E-state index contributed by atoms with van der Waals surface area (Å²) in [5, 5.41) is 7.81. The summed E-state index contributed by atoms with van der Waals surface area (Å²) in [5.74, 6) is 0. The summed E-state index contributed by atoms with van der Waals surface area (Å²) in [6.45, 7) is 2.16. The fourth-order valence-electron chi connectivity index (χ4n) is 6.81. The molecule has 0 aliphatic carbocycles. The standard InChI is InChI=1S/C37H24N2/c1-23-9-8-10-26(19-23)38-33-14-5-2-11-27(33)30-20-24(17-18-36(30)38)25-21-31-28-12-3-6-15-34(28)39-35-16-7-4-13-29(35)32(22-25)37(31)39/h2-22H,1H3. The van der Waals surface area contributed by atoms with Crippen molar-refractivity contribution in [3.05, 3.63) is 133 Å². The Morgan fingerprint density at radius 3 is 1.64 bits per heavy atom. The van der Waals surface area contributed by atoms with Gasteiger partial charge in [-0.3, -0.25) is 0 Å². The molecular formula is C37H24N2. The maximum absolute atomic E-state index is 2.44. The van der Waals surface area contributed by atoms with Crippen molar-refractivity contribution in [2.45, 2.75) is 6.92 Å². The molecule has 182 valence electrons. The van der Waals surface area contributed by atoms with Gasteiger partial charge in [-0.1, -0.05) is 72.8 Å². The molecule has 0 radical (unpaired) electrons. The van der Waals surface area contributed by atoms with Gasteiger partial charge in [-0.05, 0) is 78.2 Å². The van der Waals surface area contributed by atoms with E-state index in [1.54, 1.807) is 0 Å². The summed E-state index contributed by atoms with van der Waals surface area (Å²) in [6, 6.07) is 46.9. The van der Waals surface area contributed by atoms with Crippen LogP contribution < -0.4 is 0 Å². The second kappa shape index (κ2) is 7.49. The lowest BCUT2D eigenvalue weighted by Gasteiger charge is -2.09. The van der Waals surface area contributed by atoms with E-state index in [0.29, 0.717) is 0 Å². The van der Waals surface area contributed by atoms with Crippen molar-refractivity contribution >= 4 is 59.9 Å². The minimum absolute atomic E-state index is 1.20. The molecule has 3 aromatic heterocycles. The molecule has 0 aliphatic heterocycles. The van der Waals surface area contributed by atoms with Crippen LogP contribution in [0.2, 0.25) is 0 Å². The zero-order chi connectivity index (χ0) is 25.7. The second-order valence-corrected chi connectivity index (χ2v) is 10.7. The van der Waals surface area contributed by atoms with E-state index in [2.05, 4.69) is 143 Å². The molecule has 9 rings (SSSR count). The molecule has 2 nitrogen and oxygen atoms in total. The molecule has 0 N–H and O–H groups in total. The topological polar surface area (TPSA) is 9.34 Å². The van der Waals surface area contributed by atoms with E-state index >= 15 is 0 Å². The van der Waals surface area contributed by atoms with E-state index in [-0.39, 0.29) is 0 Å². The molecule has 0 atom stereocenters. The third-order valence-corrected chi connectivity index (χ3v) is 8.47. The average molecular weight is 497 g/mol. The van der Waals surface area contributed by atoms with Gasteiger partial charge in [0.1, 0.15) is 0 Å².